The van der Waals surface area contributed by atoms with Gasteiger partial charge in [0.25, 0.3) is 0 Å². The van der Waals surface area contributed by atoms with Gasteiger partial charge in [-0.1, -0.05) is 54.6 Å². The highest BCUT2D eigenvalue weighted by Crippen LogP contribution is 2.46. The Balaban J connectivity index is 1.45. The minimum absolute atomic E-state index is 0.407. The van der Waals surface area contributed by atoms with Gasteiger partial charge in [0.05, 0.1) is 9.79 Å². The van der Waals surface area contributed by atoms with Crippen LogP contribution in [0.4, 0.5) is 0 Å². The van der Waals surface area contributed by atoms with Crippen molar-refractivity contribution in [2.24, 2.45) is 0 Å². The fraction of sp³-hybridized carbons (Fsp3) is 0. The molecule has 4 aromatic carbocycles. The van der Waals surface area contributed by atoms with Crippen LogP contribution < -0.4 is 0 Å². The molecule has 0 radical (unpaired) electrons. The van der Waals surface area contributed by atoms with Gasteiger partial charge in [0.2, 0.25) is 9.84 Å². The van der Waals surface area contributed by atoms with Crippen molar-refractivity contribution in [2.45, 2.75) is 9.79 Å². The Bertz CT molecular complexity index is 1800. The summed E-state index contributed by atoms with van der Waals surface area (Å²) < 4.78 is 28.8. The molecule has 0 aliphatic carbocycles. The first-order chi connectivity index (χ1) is 15.1. The van der Waals surface area contributed by atoms with Gasteiger partial charge in [-0.25, -0.2) is 8.42 Å². The SMILES string of the molecule is O=S1(=O)c2ccccc2-c2ccc(-c3cc4ccc5c(ccc6ccsc65)c4s3)cc21. The monoisotopic (exact) mass is 454 g/mol. The largest absolute Gasteiger partial charge is 0.218 e. The highest BCUT2D eigenvalue weighted by Gasteiger charge is 2.32. The van der Waals surface area contributed by atoms with Gasteiger partial charge < -0.3 is 0 Å². The van der Waals surface area contributed by atoms with Crippen molar-refractivity contribution in [1.82, 2.24) is 0 Å². The fourth-order valence-corrected chi connectivity index (χ4v) is 8.46. The molecule has 0 spiro atoms. The van der Waals surface area contributed by atoms with Crippen molar-refractivity contribution in [3.8, 4) is 21.6 Å². The maximum Gasteiger partial charge on any atom is 0.207 e. The van der Waals surface area contributed by atoms with E-state index >= 15 is 0 Å². The molecule has 0 N–H and O–H groups in total. The van der Waals surface area contributed by atoms with Crippen LogP contribution in [0.15, 0.2) is 94.0 Å². The Morgan fingerprint density at radius 3 is 2.32 bits per heavy atom. The third kappa shape index (κ3) is 2.34. The predicted octanol–water partition coefficient (Wildman–Crippen LogP) is 7.75. The smallest absolute Gasteiger partial charge is 0.207 e. The zero-order valence-electron chi connectivity index (χ0n) is 16.1. The normalized spacial score (nSPS) is 14.3. The summed E-state index contributed by atoms with van der Waals surface area (Å²) in [5, 5.41) is 7.13. The lowest BCUT2D eigenvalue weighted by Gasteiger charge is -2.03. The van der Waals surface area contributed by atoms with Crippen molar-refractivity contribution in [2.75, 3.05) is 0 Å². The molecule has 0 atom stereocenters. The molecule has 0 bridgehead atoms. The van der Waals surface area contributed by atoms with E-state index in [0.29, 0.717) is 9.79 Å². The zero-order chi connectivity index (χ0) is 20.7. The number of benzene rings is 4. The van der Waals surface area contributed by atoms with Crippen LogP contribution in [0.25, 0.3) is 52.5 Å². The first-order valence-corrected chi connectivity index (χ1v) is 13.1. The van der Waals surface area contributed by atoms with Crippen molar-refractivity contribution < 1.29 is 8.42 Å². The van der Waals surface area contributed by atoms with E-state index in [2.05, 4.69) is 41.8 Å². The minimum Gasteiger partial charge on any atom is -0.218 e. The van der Waals surface area contributed by atoms with Crippen LogP contribution in [0.1, 0.15) is 0 Å². The molecule has 2 aromatic heterocycles. The minimum atomic E-state index is -3.47. The van der Waals surface area contributed by atoms with E-state index in [1.165, 1.54) is 30.9 Å². The van der Waals surface area contributed by atoms with Crippen molar-refractivity contribution in [1.29, 1.82) is 0 Å². The zero-order valence-corrected chi connectivity index (χ0v) is 18.6. The van der Waals surface area contributed by atoms with Crippen molar-refractivity contribution >= 4 is 63.5 Å². The van der Waals surface area contributed by atoms with Crippen LogP contribution in [-0.2, 0) is 9.84 Å². The van der Waals surface area contributed by atoms with E-state index in [9.17, 15) is 8.42 Å². The lowest BCUT2D eigenvalue weighted by molar-refractivity contribution is 0.598. The number of rotatable bonds is 1. The van der Waals surface area contributed by atoms with Gasteiger partial charge in [-0.3, -0.25) is 0 Å². The van der Waals surface area contributed by atoms with Crippen LogP contribution in [0.2, 0.25) is 0 Å². The number of fused-ring (bicyclic) bond motifs is 8. The van der Waals surface area contributed by atoms with Gasteiger partial charge in [0.15, 0.2) is 0 Å². The molecular weight excluding hydrogens is 440 g/mol. The summed E-state index contributed by atoms with van der Waals surface area (Å²) in [7, 11) is -3.47. The number of sulfone groups is 1. The molecular formula is C26H14O2S3. The van der Waals surface area contributed by atoms with E-state index in [-0.39, 0.29) is 0 Å². The van der Waals surface area contributed by atoms with Gasteiger partial charge in [0, 0.05) is 36.2 Å². The summed E-state index contributed by atoms with van der Waals surface area (Å²) in [6, 6.07) is 26.2. The van der Waals surface area contributed by atoms with Crippen LogP contribution in [-0.4, -0.2) is 8.42 Å². The van der Waals surface area contributed by atoms with E-state index < -0.39 is 9.84 Å². The molecule has 2 nitrogen and oxygen atoms in total. The molecule has 0 unspecified atom stereocenters. The third-order valence-electron chi connectivity index (χ3n) is 6.12. The summed E-state index contributed by atoms with van der Waals surface area (Å²) >= 11 is 3.50. The molecule has 0 saturated heterocycles. The number of hydrogen-bond donors (Lipinski definition) is 0. The first-order valence-electron chi connectivity index (χ1n) is 9.93. The summed E-state index contributed by atoms with van der Waals surface area (Å²) in [5.41, 5.74) is 2.54. The van der Waals surface area contributed by atoms with Gasteiger partial charge >= 0.3 is 0 Å². The Labute approximate surface area is 186 Å². The van der Waals surface area contributed by atoms with Crippen LogP contribution in [0, 0.1) is 0 Å². The standard InChI is InChI=1S/C26H14O2S3/c27-31(28)23-4-2-1-3-18(23)19-8-6-16(14-24(19)31)22-13-17-7-10-20-21(26(17)30-22)9-5-15-11-12-29-25(15)20/h1-14H. The van der Waals surface area contributed by atoms with E-state index in [0.717, 1.165) is 21.6 Å². The highest BCUT2D eigenvalue weighted by molar-refractivity contribution is 7.92. The molecule has 1 aliphatic rings. The van der Waals surface area contributed by atoms with E-state index in [1.54, 1.807) is 34.8 Å². The fourth-order valence-electron chi connectivity index (χ4n) is 4.64. The maximum absolute atomic E-state index is 13.1. The van der Waals surface area contributed by atoms with Crippen LogP contribution in [0.3, 0.4) is 0 Å². The molecule has 0 fully saturated rings. The molecule has 6 aromatic rings. The van der Waals surface area contributed by atoms with Gasteiger partial charge in [-0.05, 0) is 46.0 Å². The van der Waals surface area contributed by atoms with Gasteiger partial charge in [-0.2, -0.15) is 0 Å². The molecule has 31 heavy (non-hydrogen) atoms. The van der Waals surface area contributed by atoms with E-state index in [1.807, 2.05) is 30.3 Å². The summed E-state index contributed by atoms with van der Waals surface area (Å²) in [6.45, 7) is 0. The van der Waals surface area contributed by atoms with E-state index in [4.69, 9.17) is 0 Å². The highest BCUT2D eigenvalue weighted by atomic mass is 32.2. The second-order valence-corrected chi connectivity index (χ2v) is 11.7. The van der Waals surface area contributed by atoms with Gasteiger partial charge in [-0.15, -0.1) is 22.7 Å². The lowest BCUT2D eigenvalue weighted by Crippen LogP contribution is -1.96. The maximum atomic E-state index is 13.1. The lowest BCUT2D eigenvalue weighted by atomic mass is 10.0. The molecule has 1 aliphatic heterocycles. The quantitative estimate of drug-likeness (QED) is 0.254. The summed E-state index contributed by atoms with van der Waals surface area (Å²) in [5.74, 6) is 0. The average molecular weight is 455 g/mol. The molecule has 3 heterocycles. The summed E-state index contributed by atoms with van der Waals surface area (Å²) in [6.07, 6.45) is 0. The van der Waals surface area contributed by atoms with Crippen LogP contribution in [0.5, 0.6) is 0 Å². The Morgan fingerprint density at radius 1 is 0.645 bits per heavy atom. The Morgan fingerprint density at radius 2 is 1.42 bits per heavy atom. The Hall–Kier alpha value is -2.99. The van der Waals surface area contributed by atoms with Crippen molar-refractivity contribution in [3.05, 3.63) is 84.2 Å². The van der Waals surface area contributed by atoms with Crippen molar-refractivity contribution in [3.63, 3.8) is 0 Å². The molecule has 7 rings (SSSR count). The third-order valence-corrected chi connectivity index (χ3v) is 10.2. The second kappa shape index (κ2) is 6.04. The average Bonchev–Trinajstić information content (AvgIpc) is 3.49. The second-order valence-electron chi connectivity index (χ2n) is 7.80. The summed E-state index contributed by atoms with van der Waals surface area (Å²) in [4.78, 5) is 1.90. The number of hydrogen-bond acceptors (Lipinski definition) is 4. The molecule has 0 amide bonds. The molecule has 5 heteroatoms. The number of thiophene rings is 2. The molecule has 148 valence electrons. The predicted molar refractivity (Wildman–Crippen MR) is 131 cm³/mol. The molecule has 0 saturated carbocycles. The van der Waals surface area contributed by atoms with Gasteiger partial charge in [0.1, 0.15) is 0 Å². The first kappa shape index (κ1) is 17.7. The van der Waals surface area contributed by atoms with Crippen LogP contribution >= 0.6 is 22.7 Å². The Kier molecular flexibility index (Phi) is 3.44. The topological polar surface area (TPSA) is 34.1 Å².